The fourth-order valence-corrected chi connectivity index (χ4v) is 3.92. The minimum atomic E-state index is -3.53. The van der Waals surface area contributed by atoms with E-state index in [1.165, 1.54) is 12.1 Å². The van der Waals surface area contributed by atoms with Gasteiger partial charge in [-0.3, -0.25) is 0 Å². The summed E-state index contributed by atoms with van der Waals surface area (Å²) in [4.78, 5) is 4.47. The summed E-state index contributed by atoms with van der Waals surface area (Å²) in [5, 5.41) is 3.38. The number of halogens is 2. The molecule has 20 heavy (non-hydrogen) atoms. The van der Waals surface area contributed by atoms with Crippen molar-refractivity contribution >= 4 is 48.9 Å². The van der Waals surface area contributed by atoms with Gasteiger partial charge in [0.1, 0.15) is 0 Å². The average Bonchev–Trinajstić information content (AvgIpc) is 2.78. The molecule has 0 aliphatic carbocycles. The summed E-state index contributed by atoms with van der Waals surface area (Å²) in [5.74, 6) is 0. The van der Waals surface area contributed by atoms with Gasteiger partial charge in [0.2, 0.25) is 10.0 Å². The summed E-state index contributed by atoms with van der Waals surface area (Å²) in [6.07, 6.45) is 0.568. The molecule has 0 saturated heterocycles. The van der Waals surface area contributed by atoms with Gasteiger partial charge in [0.15, 0.2) is 0 Å². The van der Waals surface area contributed by atoms with Crippen molar-refractivity contribution in [1.29, 1.82) is 0 Å². The molecule has 2 aromatic rings. The first-order valence-corrected chi connectivity index (χ1v) is 9.27. The minimum absolute atomic E-state index is 0.184. The largest absolute Gasteiger partial charge is 0.247 e. The molecule has 1 aromatic heterocycles. The van der Waals surface area contributed by atoms with Crippen molar-refractivity contribution in [3.05, 3.63) is 43.8 Å². The number of benzene rings is 1. The molecule has 108 valence electrons. The van der Waals surface area contributed by atoms with E-state index in [9.17, 15) is 8.42 Å². The monoisotopic (exact) mass is 394 g/mol. The maximum atomic E-state index is 12.1. The average molecular weight is 396 g/mol. The Morgan fingerprint density at radius 1 is 1.45 bits per heavy atom. The highest BCUT2D eigenvalue weighted by atomic mass is 79.9. The van der Waals surface area contributed by atoms with E-state index < -0.39 is 10.0 Å². The van der Waals surface area contributed by atoms with Gasteiger partial charge in [0.25, 0.3) is 0 Å². The van der Waals surface area contributed by atoms with E-state index in [1.807, 2.05) is 12.3 Å². The standard InChI is InChI=1S/C12H12BrClN2O2S2/c1-8-16-9(7-19-8)4-5-15-20(17,18)10-2-3-12(14)11(13)6-10/h2-3,6-7,15H,4-5H2,1H3. The van der Waals surface area contributed by atoms with Gasteiger partial charge in [-0.1, -0.05) is 11.6 Å². The Labute approximate surface area is 135 Å². The third-order valence-corrected chi connectivity index (χ3v) is 6.04. The van der Waals surface area contributed by atoms with Crippen LogP contribution in [-0.2, 0) is 16.4 Å². The van der Waals surface area contributed by atoms with Crippen molar-refractivity contribution in [2.45, 2.75) is 18.2 Å². The highest BCUT2D eigenvalue weighted by molar-refractivity contribution is 9.10. The number of thiazole rings is 1. The van der Waals surface area contributed by atoms with Gasteiger partial charge in [0.05, 0.1) is 20.6 Å². The third-order valence-electron chi connectivity index (χ3n) is 2.54. The minimum Gasteiger partial charge on any atom is -0.247 e. The van der Waals surface area contributed by atoms with Crippen molar-refractivity contribution < 1.29 is 8.42 Å². The predicted molar refractivity (Wildman–Crippen MR) is 84.9 cm³/mol. The Kier molecular flexibility index (Phi) is 5.19. The van der Waals surface area contributed by atoms with Crippen LogP contribution in [0.5, 0.6) is 0 Å². The molecule has 0 atom stereocenters. The van der Waals surface area contributed by atoms with Crippen molar-refractivity contribution in [1.82, 2.24) is 9.71 Å². The topological polar surface area (TPSA) is 59.1 Å². The molecule has 1 N–H and O–H groups in total. The first kappa shape index (κ1) is 15.9. The van der Waals surface area contributed by atoms with Crippen molar-refractivity contribution in [2.24, 2.45) is 0 Å². The molecular formula is C12H12BrClN2O2S2. The molecule has 2 rings (SSSR count). The molecule has 0 spiro atoms. The van der Waals surface area contributed by atoms with Crippen LogP contribution < -0.4 is 4.72 Å². The summed E-state index contributed by atoms with van der Waals surface area (Å²) in [6.45, 7) is 2.23. The molecule has 0 amide bonds. The smallest absolute Gasteiger partial charge is 0.240 e. The second-order valence-electron chi connectivity index (χ2n) is 4.08. The summed E-state index contributed by atoms with van der Waals surface area (Å²) in [5.41, 5.74) is 0.896. The lowest BCUT2D eigenvalue weighted by molar-refractivity contribution is 0.581. The number of aryl methyl sites for hydroxylation is 1. The Balaban J connectivity index is 2.02. The molecule has 8 heteroatoms. The zero-order chi connectivity index (χ0) is 14.8. The van der Waals surface area contributed by atoms with Crippen LogP contribution in [0.25, 0.3) is 0 Å². The van der Waals surface area contributed by atoms with Gasteiger partial charge < -0.3 is 0 Å². The summed E-state index contributed by atoms with van der Waals surface area (Å²) in [7, 11) is -3.53. The molecule has 1 aromatic carbocycles. The van der Waals surface area contributed by atoms with Crippen LogP contribution in [0, 0.1) is 6.92 Å². The zero-order valence-electron chi connectivity index (χ0n) is 10.6. The van der Waals surface area contributed by atoms with Gasteiger partial charge in [-0.05, 0) is 41.1 Å². The summed E-state index contributed by atoms with van der Waals surface area (Å²) in [6, 6.07) is 4.50. The molecule has 0 fully saturated rings. The lowest BCUT2D eigenvalue weighted by Crippen LogP contribution is -2.26. The van der Waals surface area contributed by atoms with E-state index >= 15 is 0 Å². The fraction of sp³-hybridized carbons (Fsp3) is 0.250. The van der Waals surface area contributed by atoms with Crippen LogP contribution in [0.1, 0.15) is 10.7 Å². The first-order valence-electron chi connectivity index (χ1n) is 5.74. The van der Waals surface area contributed by atoms with E-state index in [1.54, 1.807) is 17.4 Å². The third kappa shape index (κ3) is 4.02. The molecule has 1 heterocycles. The van der Waals surface area contributed by atoms with Crippen LogP contribution in [0.15, 0.2) is 32.9 Å². The van der Waals surface area contributed by atoms with E-state index in [0.717, 1.165) is 10.7 Å². The van der Waals surface area contributed by atoms with Gasteiger partial charge in [0, 0.05) is 22.8 Å². The highest BCUT2D eigenvalue weighted by Crippen LogP contribution is 2.25. The SMILES string of the molecule is Cc1nc(CCNS(=O)(=O)c2ccc(Cl)c(Br)c2)cs1. The molecule has 0 aliphatic rings. The number of hydrogen-bond donors (Lipinski definition) is 1. The van der Waals surface area contributed by atoms with Crippen molar-refractivity contribution in [3.63, 3.8) is 0 Å². The molecule has 0 aliphatic heterocycles. The lowest BCUT2D eigenvalue weighted by Gasteiger charge is -2.07. The number of nitrogens with zero attached hydrogens (tertiary/aromatic N) is 1. The Hall–Kier alpha value is -0.470. The number of rotatable bonds is 5. The van der Waals surface area contributed by atoms with Gasteiger partial charge >= 0.3 is 0 Å². The van der Waals surface area contributed by atoms with Gasteiger partial charge in [-0.2, -0.15) is 0 Å². The van der Waals surface area contributed by atoms with Gasteiger partial charge in [-0.15, -0.1) is 11.3 Å². The fourth-order valence-electron chi connectivity index (χ4n) is 1.56. The zero-order valence-corrected chi connectivity index (χ0v) is 14.5. The van der Waals surface area contributed by atoms with Crippen molar-refractivity contribution in [3.8, 4) is 0 Å². The first-order chi connectivity index (χ1) is 9.38. The second-order valence-corrected chi connectivity index (χ2v) is 8.17. The van der Waals surface area contributed by atoms with Crippen LogP contribution in [0.4, 0.5) is 0 Å². The second kappa shape index (κ2) is 6.53. The Bertz CT molecular complexity index is 716. The Morgan fingerprint density at radius 2 is 2.20 bits per heavy atom. The van der Waals surface area contributed by atoms with Crippen molar-refractivity contribution in [2.75, 3.05) is 6.54 Å². The van der Waals surface area contributed by atoms with E-state index in [0.29, 0.717) is 22.5 Å². The maximum absolute atomic E-state index is 12.1. The summed E-state index contributed by atoms with van der Waals surface area (Å²) >= 11 is 10.6. The van der Waals surface area contributed by atoms with Crippen LogP contribution in [0.2, 0.25) is 5.02 Å². The lowest BCUT2D eigenvalue weighted by atomic mass is 10.3. The van der Waals surface area contributed by atoms with Crippen LogP contribution in [-0.4, -0.2) is 19.9 Å². The number of sulfonamides is 1. The van der Waals surface area contributed by atoms with E-state index in [4.69, 9.17) is 11.6 Å². The molecule has 0 bridgehead atoms. The normalized spacial score (nSPS) is 11.8. The number of aromatic nitrogens is 1. The predicted octanol–water partition coefficient (Wildman–Crippen LogP) is 3.39. The molecule has 0 saturated carbocycles. The maximum Gasteiger partial charge on any atom is 0.240 e. The summed E-state index contributed by atoms with van der Waals surface area (Å²) < 4.78 is 27.3. The quantitative estimate of drug-likeness (QED) is 0.844. The number of nitrogens with one attached hydrogen (secondary N) is 1. The molecule has 0 radical (unpaired) electrons. The van der Waals surface area contributed by atoms with E-state index in [-0.39, 0.29) is 4.90 Å². The number of hydrogen-bond acceptors (Lipinski definition) is 4. The van der Waals surface area contributed by atoms with Crippen LogP contribution in [0.3, 0.4) is 0 Å². The molecule has 0 unspecified atom stereocenters. The van der Waals surface area contributed by atoms with Gasteiger partial charge in [-0.25, -0.2) is 18.1 Å². The highest BCUT2D eigenvalue weighted by Gasteiger charge is 2.14. The van der Waals surface area contributed by atoms with E-state index in [2.05, 4.69) is 25.6 Å². The van der Waals surface area contributed by atoms with Crippen LogP contribution >= 0.6 is 38.9 Å². The Morgan fingerprint density at radius 3 is 2.80 bits per heavy atom. The molecular weight excluding hydrogens is 384 g/mol. The molecule has 4 nitrogen and oxygen atoms in total.